The zero-order valence-corrected chi connectivity index (χ0v) is 12.0. The van der Waals surface area contributed by atoms with E-state index in [9.17, 15) is 4.39 Å². The van der Waals surface area contributed by atoms with Gasteiger partial charge in [-0.1, -0.05) is 0 Å². The summed E-state index contributed by atoms with van der Waals surface area (Å²) < 4.78 is 30.3. The van der Waals surface area contributed by atoms with Gasteiger partial charge in [0.15, 0.2) is 5.79 Å². The van der Waals surface area contributed by atoms with Gasteiger partial charge in [0.25, 0.3) is 0 Å². The number of hydrogen-bond acceptors (Lipinski definition) is 3. The quantitative estimate of drug-likeness (QED) is 0.855. The van der Waals surface area contributed by atoms with E-state index in [1.165, 1.54) is 6.07 Å². The molecule has 18 heavy (non-hydrogen) atoms. The molecule has 0 spiro atoms. The third-order valence-electron chi connectivity index (χ3n) is 2.71. The molecule has 0 amide bonds. The molecule has 1 heterocycles. The molecule has 1 aromatic carbocycles. The molecule has 0 radical (unpaired) electrons. The van der Waals surface area contributed by atoms with Gasteiger partial charge in [-0.3, -0.25) is 0 Å². The van der Waals surface area contributed by atoms with Crippen molar-refractivity contribution in [3.8, 4) is 5.75 Å². The second-order valence-corrected chi connectivity index (χ2v) is 5.63. The largest absolute Gasteiger partial charge is 0.493 e. The molecule has 0 bridgehead atoms. The first-order valence-electron chi connectivity index (χ1n) is 5.82. The molecule has 0 atom stereocenters. The van der Waals surface area contributed by atoms with E-state index in [4.69, 9.17) is 14.2 Å². The van der Waals surface area contributed by atoms with Gasteiger partial charge < -0.3 is 14.2 Å². The molecule has 1 aromatic rings. The van der Waals surface area contributed by atoms with E-state index in [0.29, 0.717) is 30.0 Å². The summed E-state index contributed by atoms with van der Waals surface area (Å²) in [6.45, 7) is 5.40. The number of halogens is 2. The minimum absolute atomic E-state index is 0.171. The van der Waals surface area contributed by atoms with Gasteiger partial charge in [0.1, 0.15) is 11.6 Å². The number of ether oxygens (including phenoxy) is 3. The molecule has 100 valence electrons. The third kappa shape index (κ3) is 3.67. The normalized spacial score (nSPS) is 19.8. The van der Waals surface area contributed by atoms with Crippen LogP contribution in [0, 0.1) is 11.7 Å². The third-order valence-corrected chi connectivity index (χ3v) is 3.35. The Bertz CT molecular complexity index is 413. The van der Waals surface area contributed by atoms with Gasteiger partial charge >= 0.3 is 0 Å². The van der Waals surface area contributed by atoms with Crippen LogP contribution in [0.2, 0.25) is 0 Å². The van der Waals surface area contributed by atoms with Crippen molar-refractivity contribution >= 4 is 15.9 Å². The van der Waals surface area contributed by atoms with Crippen LogP contribution in [-0.2, 0) is 9.47 Å². The Balaban J connectivity index is 1.83. The van der Waals surface area contributed by atoms with E-state index in [1.807, 2.05) is 13.8 Å². The first-order chi connectivity index (χ1) is 8.46. The van der Waals surface area contributed by atoms with E-state index in [1.54, 1.807) is 12.1 Å². The zero-order valence-electron chi connectivity index (χ0n) is 10.4. The van der Waals surface area contributed by atoms with Gasteiger partial charge in [0, 0.05) is 12.0 Å². The molecule has 0 aliphatic carbocycles. The van der Waals surface area contributed by atoms with Crippen LogP contribution in [0.25, 0.3) is 0 Å². The van der Waals surface area contributed by atoms with Crippen molar-refractivity contribution in [2.75, 3.05) is 19.8 Å². The highest BCUT2D eigenvalue weighted by Crippen LogP contribution is 2.23. The standard InChI is InChI=1S/C13H16BrFO3/c1-13(2)17-7-9(8-18-13)6-16-10-3-4-11(14)12(15)5-10/h3-5,9H,6-8H2,1-2H3. The van der Waals surface area contributed by atoms with Gasteiger partial charge in [0.05, 0.1) is 24.3 Å². The van der Waals surface area contributed by atoms with Crippen LogP contribution in [0.4, 0.5) is 4.39 Å². The second-order valence-electron chi connectivity index (χ2n) is 4.77. The maximum atomic E-state index is 13.3. The van der Waals surface area contributed by atoms with Crippen molar-refractivity contribution in [3.63, 3.8) is 0 Å². The van der Waals surface area contributed by atoms with Crippen molar-refractivity contribution in [2.45, 2.75) is 19.6 Å². The average Bonchev–Trinajstić information content (AvgIpc) is 2.32. The SMILES string of the molecule is CC1(C)OCC(COc2ccc(Br)c(F)c2)CO1. The lowest BCUT2D eigenvalue weighted by atomic mass is 10.1. The number of benzene rings is 1. The van der Waals surface area contributed by atoms with Crippen LogP contribution >= 0.6 is 15.9 Å². The van der Waals surface area contributed by atoms with Crippen molar-refractivity contribution in [3.05, 3.63) is 28.5 Å². The van der Waals surface area contributed by atoms with E-state index in [-0.39, 0.29) is 11.7 Å². The maximum absolute atomic E-state index is 13.3. The molecule has 0 unspecified atom stereocenters. The summed E-state index contributed by atoms with van der Waals surface area (Å²) in [4.78, 5) is 0. The molecule has 3 nitrogen and oxygen atoms in total. The summed E-state index contributed by atoms with van der Waals surface area (Å²) >= 11 is 3.10. The average molecular weight is 319 g/mol. The summed E-state index contributed by atoms with van der Waals surface area (Å²) in [6, 6.07) is 4.71. The first-order valence-corrected chi connectivity index (χ1v) is 6.61. The van der Waals surface area contributed by atoms with Gasteiger partial charge in [-0.25, -0.2) is 4.39 Å². The number of rotatable bonds is 3. The van der Waals surface area contributed by atoms with E-state index >= 15 is 0 Å². The first kappa shape index (κ1) is 13.8. The molecule has 0 aromatic heterocycles. The lowest BCUT2D eigenvalue weighted by Gasteiger charge is -2.34. The monoisotopic (exact) mass is 318 g/mol. The highest BCUT2D eigenvalue weighted by molar-refractivity contribution is 9.10. The highest BCUT2D eigenvalue weighted by Gasteiger charge is 2.28. The maximum Gasteiger partial charge on any atom is 0.162 e. The fourth-order valence-corrected chi connectivity index (χ4v) is 1.85. The lowest BCUT2D eigenvalue weighted by Crippen LogP contribution is -2.41. The minimum Gasteiger partial charge on any atom is -0.493 e. The van der Waals surface area contributed by atoms with Crippen LogP contribution in [0.1, 0.15) is 13.8 Å². The minimum atomic E-state index is -0.514. The fourth-order valence-electron chi connectivity index (χ4n) is 1.60. The Morgan fingerprint density at radius 2 is 2.06 bits per heavy atom. The van der Waals surface area contributed by atoms with Crippen molar-refractivity contribution < 1.29 is 18.6 Å². The molecule has 0 saturated carbocycles. The Labute approximate surface area is 114 Å². The predicted molar refractivity (Wildman–Crippen MR) is 69.1 cm³/mol. The lowest BCUT2D eigenvalue weighted by molar-refractivity contribution is -0.264. The summed E-state index contributed by atoms with van der Waals surface area (Å²) in [7, 11) is 0. The van der Waals surface area contributed by atoms with Crippen LogP contribution in [0.5, 0.6) is 5.75 Å². The topological polar surface area (TPSA) is 27.7 Å². The highest BCUT2D eigenvalue weighted by atomic mass is 79.9. The molecule has 1 aliphatic heterocycles. The Kier molecular flexibility index (Phi) is 4.25. The van der Waals surface area contributed by atoms with Crippen molar-refractivity contribution in [1.29, 1.82) is 0 Å². The van der Waals surface area contributed by atoms with Crippen LogP contribution in [0.3, 0.4) is 0 Å². The predicted octanol–water partition coefficient (Wildman–Crippen LogP) is 3.37. The fraction of sp³-hybridized carbons (Fsp3) is 0.538. The smallest absolute Gasteiger partial charge is 0.162 e. The molecule has 2 rings (SSSR count). The van der Waals surface area contributed by atoms with E-state index in [2.05, 4.69) is 15.9 Å². The summed E-state index contributed by atoms with van der Waals surface area (Å²) in [5.74, 6) is -0.157. The molecule has 5 heteroatoms. The van der Waals surface area contributed by atoms with Gasteiger partial charge in [0.2, 0.25) is 0 Å². The van der Waals surface area contributed by atoms with Crippen molar-refractivity contribution in [1.82, 2.24) is 0 Å². The molecular weight excluding hydrogens is 303 g/mol. The molecule has 1 aliphatic rings. The number of hydrogen-bond donors (Lipinski definition) is 0. The van der Waals surface area contributed by atoms with Crippen LogP contribution < -0.4 is 4.74 Å². The van der Waals surface area contributed by atoms with E-state index in [0.717, 1.165) is 0 Å². The second kappa shape index (κ2) is 5.55. The Morgan fingerprint density at radius 3 is 2.67 bits per heavy atom. The van der Waals surface area contributed by atoms with Crippen LogP contribution in [0.15, 0.2) is 22.7 Å². The zero-order chi connectivity index (χ0) is 13.2. The summed E-state index contributed by atoms with van der Waals surface area (Å²) in [5, 5.41) is 0. The van der Waals surface area contributed by atoms with Gasteiger partial charge in [-0.05, 0) is 41.9 Å². The van der Waals surface area contributed by atoms with E-state index < -0.39 is 5.79 Å². The van der Waals surface area contributed by atoms with Gasteiger partial charge in [-0.2, -0.15) is 0 Å². The summed E-state index contributed by atoms with van der Waals surface area (Å²) in [6.07, 6.45) is 0. The molecule has 1 saturated heterocycles. The molecule has 0 N–H and O–H groups in total. The Morgan fingerprint density at radius 1 is 1.39 bits per heavy atom. The van der Waals surface area contributed by atoms with Crippen LogP contribution in [-0.4, -0.2) is 25.6 Å². The molecular formula is C13H16BrFO3. The van der Waals surface area contributed by atoms with Crippen molar-refractivity contribution in [2.24, 2.45) is 5.92 Å². The Hall–Kier alpha value is -0.650. The molecule has 1 fully saturated rings. The van der Waals surface area contributed by atoms with Gasteiger partial charge in [-0.15, -0.1) is 0 Å². The summed E-state index contributed by atoms with van der Waals surface area (Å²) in [5.41, 5.74) is 0.